The maximum Gasteiger partial charge on any atom is 0.418 e. The third-order valence-corrected chi connectivity index (χ3v) is 5.53. The minimum atomic E-state index is -0.401. The van der Waals surface area contributed by atoms with Crippen molar-refractivity contribution >= 4 is 17.0 Å². The van der Waals surface area contributed by atoms with Crippen molar-refractivity contribution in [1.82, 2.24) is 4.57 Å². The Hall–Kier alpha value is -3.15. The van der Waals surface area contributed by atoms with Crippen LogP contribution < -0.4 is 9.47 Å². The molecule has 1 aliphatic rings. The molecule has 6 nitrogen and oxygen atoms in total. The van der Waals surface area contributed by atoms with E-state index in [1.54, 1.807) is 4.57 Å². The summed E-state index contributed by atoms with van der Waals surface area (Å²) in [4.78, 5) is 12.7. The molecule has 0 spiro atoms. The van der Waals surface area contributed by atoms with Gasteiger partial charge in [-0.1, -0.05) is 18.2 Å². The predicted molar refractivity (Wildman–Crippen MR) is 106 cm³/mol. The van der Waals surface area contributed by atoms with Crippen molar-refractivity contribution in [3.63, 3.8) is 0 Å². The molecule has 0 radical (unpaired) electrons. The van der Waals surface area contributed by atoms with Crippen LogP contribution in [0.1, 0.15) is 35.6 Å². The van der Waals surface area contributed by atoms with Crippen molar-refractivity contribution in [1.29, 1.82) is 0 Å². The standard InChI is InChI=1S/C22H23NO5/c1-26-18-11-13(12-19(27-2)21(18)24)14-8-6-9-16-15-7-4-5-10-17(15)23(20(14)16)22(25)28-3/h4-5,7,10-12,14,24H,6,8-9H2,1-3H3. The van der Waals surface area contributed by atoms with E-state index in [1.807, 2.05) is 36.4 Å². The molecular formula is C22H23NO5. The Morgan fingerprint density at radius 2 is 1.79 bits per heavy atom. The lowest BCUT2D eigenvalue weighted by Crippen LogP contribution is -2.20. The first-order valence-electron chi connectivity index (χ1n) is 9.26. The van der Waals surface area contributed by atoms with Gasteiger partial charge in [0.2, 0.25) is 5.75 Å². The van der Waals surface area contributed by atoms with Crippen molar-refractivity contribution in [3.8, 4) is 17.2 Å². The Labute approximate surface area is 163 Å². The SMILES string of the molecule is COC(=O)n1c2c(c3ccccc31)CCCC2c1cc(OC)c(O)c(OC)c1. The third kappa shape index (κ3) is 2.68. The zero-order valence-electron chi connectivity index (χ0n) is 16.2. The lowest BCUT2D eigenvalue weighted by Gasteiger charge is -2.26. The van der Waals surface area contributed by atoms with E-state index in [0.717, 1.165) is 41.4 Å². The second-order valence-corrected chi connectivity index (χ2v) is 6.91. The van der Waals surface area contributed by atoms with Crippen LogP contribution in [-0.4, -0.2) is 37.1 Å². The molecule has 1 atom stereocenters. The molecule has 1 aromatic heterocycles. The van der Waals surface area contributed by atoms with Gasteiger partial charge in [-0.25, -0.2) is 9.36 Å². The van der Waals surface area contributed by atoms with Crippen molar-refractivity contribution in [2.75, 3.05) is 21.3 Å². The first-order chi connectivity index (χ1) is 13.6. The molecule has 0 saturated heterocycles. The molecule has 1 N–H and O–H groups in total. The Morgan fingerprint density at radius 3 is 2.43 bits per heavy atom. The van der Waals surface area contributed by atoms with Gasteiger partial charge in [-0.05, 0) is 48.6 Å². The highest BCUT2D eigenvalue weighted by Gasteiger charge is 2.32. The van der Waals surface area contributed by atoms with Gasteiger partial charge in [0.1, 0.15) is 0 Å². The van der Waals surface area contributed by atoms with Gasteiger partial charge in [0.25, 0.3) is 0 Å². The predicted octanol–water partition coefficient (Wildman–Crippen LogP) is 4.45. The highest BCUT2D eigenvalue weighted by Crippen LogP contribution is 2.46. The van der Waals surface area contributed by atoms with Gasteiger partial charge in [-0.2, -0.15) is 0 Å². The number of carbonyl (C=O) groups excluding carboxylic acids is 1. The van der Waals surface area contributed by atoms with E-state index in [9.17, 15) is 9.90 Å². The summed E-state index contributed by atoms with van der Waals surface area (Å²) in [5, 5.41) is 11.3. The first-order valence-corrected chi connectivity index (χ1v) is 9.26. The number of carbonyl (C=O) groups is 1. The van der Waals surface area contributed by atoms with E-state index in [2.05, 4.69) is 0 Å². The molecule has 1 unspecified atom stereocenters. The molecule has 4 rings (SSSR count). The molecule has 3 aromatic rings. The van der Waals surface area contributed by atoms with Crippen LogP contribution in [0.2, 0.25) is 0 Å². The smallest absolute Gasteiger partial charge is 0.418 e. The summed E-state index contributed by atoms with van der Waals surface area (Å²) in [5.74, 6) is 0.626. The maximum atomic E-state index is 12.7. The van der Waals surface area contributed by atoms with E-state index in [1.165, 1.54) is 26.9 Å². The van der Waals surface area contributed by atoms with Gasteiger partial charge in [0.05, 0.1) is 26.8 Å². The van der Waals surface area contributed by atoms with Gasteiger partial charge in [-0.3, -0.25) is 0 Å². The Bertz CT molecular complexity index is 1030. The first kappa shape index (κ1) is 18.2. The summed E-state index contributed by atoms with van der Waals surface area (Å²) in [6, 6.07) is 11.5. The Kier molecular flexibility index (Phi) is 4.63. The summed E-state index contributed by atoms with van der Waals surface area (Å²) in [7, 11) is 4.42. The molecule has 1 aliphatic carbocycles. The van der Waals surface area contributed by atoms with E-state index in [0.29, 0.717) is 11.5 Å². The fraction of sp³-hybridized carbons (Fsp3) is 0.318. The normalized spacial score (nSPS) is 15.9. The van der Waals surface area contributed by atoms with Gasteiger partial charge in [-0.15, -0.1) is 0 Å². The molecule has 2 aromatic carbocycles. The topological polar surface area (TPSA) is 69.9 Å². The molecule has 0 saturated carbocycles. The molecule has 1 heterocycles. The average Bonchev–Trinajstić information content (AvgIpc) is 3.08. The molecular weight excluding hydrogens is 358 g/mol. The fourth-order valence-electron chi connectivity index (χ4n) is 4.30. The van der Waals surface area contributed by atoms with Gasteiger partial charge in [0, 0.05) is 17.0 Å². The Balaban J connectivity index is 1.98. The maximum absolute atomic E-state index is 12.7. The van der Waals surface area contributed by atoms with Crippen molar-refractivity contribution < 1.29 is 24.1 Å². The summed E-state index contributed by atoms with van der Waals surface area (Å²) in [6.07, 6.45) is 2.38. The van der Waals surface area contributed by atoms with Crippen molar-refractivity contribution in [2.45, 2.75) is 25.2 Å². The number of aryl methyl sites for hydroxylation is 1. The minimum absolute atomic E-state index is 0.0294. The van der Waals surface area contributed by atoms with E-state index < -0.39 is 6.09 Å². The van der Waals surface area contributed by atoms with Crippen LogP contribution >= 0.6 is 0 Å². The quantitative estimate of drug-likeness (QED) is 0.726. The molecule has 146 valence electrons. The number of phenolic OH excluding ortho intramolecular Hbond substituents is 1. The highest BCUT2D eigenvalue weighted by molar-refractivity contribution is 5.94. The summed E-state index contributed by atoms with van der Waals surface area (Å²) < 4.78 is 17.5. The lowest BCUT2D eigenvalue weighted by molar-refractivity contribution is 0.173. The number of nitrogens with zero attached hydrogens (tertiary/aromatic N) is 1. The number of rotatable bonds is 3. The molecule has 6 heteroatoms. The second-order valence-electron chi connectivity index (χ2n) is 6.91. The van der Waals surface area contributed by atoms with Gasteiger partial charge in [0.15, 0.2) is 11.5 Å². The van der Waals surface area contributed by atoms with Gasteiger partial charge >= 0.3 is 6.09 Å². The second kappa shape index (κ2) is 7.11. The fourth-order valence-corrected chi connectivity index (χ4v) is 4.30. The summed E-state index contributed by atoms with van der Waals surface area (Å²) in [5.41, 5.74) is 3.89. The number of para-hydroxylation sites is 1. The van der Waals surface area contributed by atoms with E-state index >= 15 is 0 Å². The van der Waals surface area contributed by atoms with Crippen molar-refractivity contribution in [3.05, 3.63) is 53.2 Å². The van der Waals surface area contributed by atoms with Crippen molar-refractivity contribution in [2.24, 2.45) is 0 Å². The van der Waals surface area contributed by atoms with Crippen LogP contribution in [0.15, 0.2) is 36.4 Å². The average molecular weight is 381 g/mol. The van der Waals surface area contributed by atoms with Crippen LogP contribution in [0, 0.1) is 0 Å². The number of hydrogen-bond donors (Lipinski definition) is 1. The van der Waals surface area contributed by atoms with Crippen LogP contribution in [0.5, 0.6) is 17.2 Å². The number of ether oxygens (including phenoxy) is 3. The number of phenols is 1. The zero-order chi connectivity index (χ0) is 19.8. The largest absolute Gasteiger partial charge is 0.502 e. The number of hydrogen-bond acceptors (Lipinski definition) is 5. The number of aromatic hydroxyl groups is 1. The van der Waals surface area contributed by atoms with Crippen LogP contribution in [0.25, 0.3) is 10.9 Å². The molecule has 0 bridgehead atoms. The van der Waals surface area contributed by atoms with E-state index in [4.69, 9.17) is 14.2 Å². The van der Waals surface area contributed by atoms with Gasteiger partial charge < -0.3 is 19.3 Å². The molecule has 0 fully saturated rings. The third-order valence-electron chi connectivity index (χ3n) is 5.53. The number of fused-ring (bicyclic) bond motifs is 3. The number of benzene rings is 2. The van der Waals surface area contributed by atoms with Crippen LogP contribution in [-0.2, 0) is 11.2 Å². The molecule has 28 heavy (non-hydrogen) atoms. The van der Waals surface area contributed by atoms with Crippen LogP contribution in [0.3, 0.4) is 0 Å². The number of methoxy groups -OCH3 is 3. The number of aromatic nitrogens is 1. The summed E-state index contributed by atoms with van der Waals surface area (Å²) >= 11 is 0. The Morgan fingerprint density at radius 1 is 1.11 bits per heavy atom. The molecule has 0 amide bonds. The van der Waals surface area contributed by atoms with Crippen LogP contribution in [0.4, 0.5) is 4.79 Å². The minimum Gasteiger partial charge on any atom is -0.502 e. The van der Waals surface area contributed by atoms with E-state index in [-0.39, 0.29) is 11.7 Å². The summed E-state index contributed by atoms with van der Waals surface area (Å²) in [6.45, 7) is 0. The highest BCUT2D eigenvalue weighted by atomic mass is 16.5. The molecule has 0 aliphatic heterocycles. The lowest BCUT2D eigenvalue weighted by atomic mass is 9.82. The monoisotopic (exact) mass is 381 g/mol. The zero-order valence-corrected chi connectivity index (χ0v) is 16.2.